The first kappa shape index (κ1) is 57.7. The number of amides is 3. The molecule has 2 aromatic carbocycles. The van der Waals surface area contributed by atoms with Crippen molar-refractivity contribution in [2.45, 2.75) is 119 Å². The second-order valence-corrected chi connectivity index (χ2v) is 21.8. The minimum Gasteiger partial charge on any atom is -0.480 e. The third-order valence-electron chi connectivity index (χ3n) is 13.1. The number of Topliss-reactive ketones (excluding diaryl/α,β-unsaturated/α-hetero) is 4. The topological polar surface area (TPSA) is 236 Å². The van der Waals surface area contributed by atoms with Gasteiger partial charge in [-0.05, 0) is 64.2 Å². The molecule has 0 saturated heterocycles. The average molecular weight is 1010 g/mol. The highest BCUT2D eigenvalue weighted by molar-refractivity contribution is 6.23. The third kappa shape index (κ3) is 17.2. The van der Waals surface area contributed by atoms with Gasteiger partial charge in [0.2, 0.25) is 11.8 Å². The third-order valence-corrected chi connectivity index (χ3v) is 13.1. The van der Waals surface area contributed by atoms with Gasteiger partial charge < -0.3 is 45.5 Å². The lowest BCUT2D eigenvalue weighted by atomic mass is 9.73. The van der Waals surface area contributed by atoms with Crippen LogP contribution in [-0.4, -0.2) is 129 Å². The first-order valence-corrected chi connectivity index (χ1v) is 25.7. The molecule has 5 rings (SSSR count). The maximum atomic E-state index is 13.7. The number of ether oxygens (including phenoxy) is 3. The molecule has 17 nitrogen and oxygen atoms in total. The van der Waals surface area contributed by atoms with Crippen molar-refractivity contribution in [3.05, 3.63) is 82.2 Å². The number of carbonyl (C=O) groups excluding carboxylic acids is 7. The molecule has 2 fully saturated rings. The maximum Gasteiger partial charge on any atom is 0.407 e. The van der Waals surface area contributed by atoms with Crippen LogP contribution >= 0.6 is 0 Å². The Morgan fingerprint density at radius 3 is 1.59 bits per heavy atom. The van der Waals surface area contributed by atoms with Gasteiger partial charge >= 0.3 is 12.1 Å². The maximum absolute atomic E-state index is 13.7. The molecule has 3 aliphatic rings. The van der Waals surface area contributed by atoms with Gasteiger partial charge in [0.25, 0.3) is 0 Å². The van der Waals surface area contributed by atoms with Crippen LogP contribution in [0.15, 0.2) is 71.1 Å². The van der Waals surface area contributed by atoms with Crippen LogP contribution in [0.3, 0.4) is 0 Å². The summed E-state index contributed by atoms with van der Waals surface area (Å²) in [6, 6.07) is 14.4. The zero-order valence-electron chi connectivity index (χ0n) is 44.0. The summed E-state index contributed by atoms with van der Waals surface area (Å²) in [4.78, 5) is 106. The second-order valence-electron chi connectivity index (χ2n) is 21.8. The van der Waals surface area contributed by atoms with E-state index in [4.69, 9.17) is 14.2 Å². The fourth-order valence-corrected chi connectivity index (χ4v) is 9.72. The summed E-state index contributed by atoms with van der Waals surface area (Å²) in [5.74, 6) is -2.73. The van der Waals surface area contributed by atoms with Crippen LogP contribution in [0.5, 0.6) is 0 Å². The normalized spacial score (nSPS) is 16.5. The molecule has 0 aromatic heterocycles. The average Bonchev–Trinajstić information content (AvgIpc) is 3.61. The van der Waals surface area contributed by atoms with E-state index in [2.05, 4.69) is 21.3 Å². The first-order valence-electron chi connectivity index (χ1n) is 25.7. The number of allylic oxidation sites excluding steroid dienone is 4. The van der Waals surface area contributed by atoms with Crippen molar-refractivity contribution in [1.82, 2.24) is 26.2 Å². The first-order chi connectivity index (χ1) is 34.6. The SMILES string of the molecule is CC(C)CC(NCCN(CCNC(CC(C)C)=C1C(=O)CC(C)(C)CC1=O)C(=O)COCCOCCNC(=O)CCC(NC(=O)OCC1c2ccccc2-c2ccccc21)C(=O)O)=C1C(=O)CC(C)(C)CC1=O. The lowest BCUT2D eigenvalue weighted by molar-refractivity contribution is -0.140. The lowest BCUT2D eigenvalue weighted by Gasteiger charge is -2.31. The number of hydrogen-bond acceptors (Lipinski definition) is 13. The van der Waals surface area contributed by atoms with Gasteiger partial charge in [-0.3, -0.25) is 28.8 Å². The van der Waals surface area contributed by atoms with Crippen LogP contribution in [0.4, 0.5) is 4.79 Å². The van der Waals surface area contributed by atoms with Crippen LogP contribution < -0.4 is 21.3 Å². The van der Waals surface area contributed by atoms with Gasteiger partial charge in [0.15, 0.2) is 23.1 Å². The van der Waals surface area contributed by atoms with Crippen LogP contribution in [0.2, 0.25) is 0 Å². The van der Waals surface area contributed by atoms with Gasteiger partial charge in [0, 0.05) is 82.1 Å². The minimum atomic E-state index is -1.35. The number of carboxylic acid groups (broad SMARTS) is 1. The summed E-state index contributed by atoms with van der Waals surface area (Å²) in [6.45, 7) is 16.7. The van der Waals surface area contributed by atoms with Crippen molar-refractivity contribution in [3.8, 4) is 11.1 Å². The Balaban J connectivity index is 1.07. The number of benzene rings is 2. The number of rotatable bonds is 27. The van der Waals surface area contributed by atoms with E-state index in [1.54, 1.807) is 4.90 Å². The molecular weight excluding hydrogens is 935 g/mol. The Labute approximate surface area is 430 Å². The summed E-state index contributed by atoms with van der Waals surface area (Å²) >= 11 is 0. The summed E-state index contributed by atoms with van der Waals surface area (Å²) in [5.41, 5.74) is 4.89. The van der Waals surface area contributed by atoms with E-state index in [1.165, 1.54) is 0 Å². The minimum absolute atomic E-state index is 0.0151. The number of aliphatic carboxylic acids is 1. The summed E-state index contributed by atoms with van der Waals surface area (Å²) in [6.07, 6.45) is 0.788. The molecule has 0 radical (unpaired) electrons. The van der Waals surface area contributed by atoms with Gasteiger partial charge in [-0.2, -0.15) is 0 Å². The molecular formula is C56H77N5O12. The fourth-order valence-electron chi connectivity index (χ4n) is 9.72. The Bertz CT molecular complexity index is 2250. The predicted molar refractivity (Wildman–Crippen MR) is 275 cm³/mol. The number of ketones is 4. The van der Waals surface area contributed by atoms with Crippen molar-refractivity contribution < 1.29 is 57.7 Å². The van der Waals surface area contributed by atoms with Gasteiger partial charge in [-0.1, -0.05) is 104 Å². The number of carboxylic acids is 1. The number of nitrogens with one attached hydrogen (secondary N) is 4. The molecule has 0 spiro atoms. The van der Waals surface area contributed by atoms with E-state index in [0.717, 1.165) is 22.3 Å². The molecule has 73 heavy (non-hydrogen) atoms. The molecule has 0 bridgehead atoms. The molecule has 1 unspecified atom stereocenters. The van der Waals surface area contributed by atoms with Gasteiger partial charge in [-0.15, -0.1) is 0 Å². The quantitative estimate of drug-likeness (QED) is 0.0369. The van der Waals surface area contributed by atoms with Gasteiger partial charge in [-0.25, -0.2) is 9.59 Å². The predicted octanol–water partition coefficient (Wildman–Crippen LogP) is 6.43. The number of fused-ring (bicyclic) bond motifs is 3. The van der Waals surface area contributed by atoms with Crippen molar-refractivity contribution >= 4 is 47.0 Å². The molecule has 17 heteroatoms. The molecule has 5 N–H and O–H groups in total. The summed E-state index contributed by atoms with van der Waals surface area (Å²) in [7, 11) is 0. The zero-order chi connectivity index (χ0) is 53.5. The Kier molecular flexibility index (Phi) is 21.1. The number of carbonyl (C=O) groups is 8. The summed E-state index contributed by atoms with van der Waals surface area (Å²) in [5, 5.41) is 21.5. The molecule has 3 aliphatic carbocycles. The number of hydrogen-bond donors (Lipinski definition) is 5. The molecule has 3 amide bonds. The van der Waals surface area contributed by atoms with Crippen LogP contribution in [-0.2, 0) is 47.8 Å². The van der Waals surface area contributed by atoms with Crippen molar-refractivity contribution in [1.29, 1.82) is 0 Å². The van der Waals surface area contributed by atoms with Crippen molar-refractivity contribution in [3.63, 3.8) is 0 Å². The van der Waals surface area contributed by atoms with E-state index in [-0.39, 0.29) is 162 Å². The van der Waals surface area contributed by atoms with E-state index < -0.39 is 34.8 Å². The fraction of sp³-hybridized carbons (Fsp3) is 0.571. The van der Waals surface area contributed by atoms with E-state index >= 15 is 0 Å². The molecule has 2 aromatic rings. The number of nitrogens with zero attached hydrogens (tertiary/aromatic N) is 1. The molecule has 2 saturated carbocycles. The van der Waals surface area contributed by atoms with Crippen LogP contribution in [0.1, 0.15) is 124 Å². The Morgan fingerprint density at radius 1 is 0.658 bits per heavy atom. The highest BCUT2D eigenvalue weighted by Crippen LogP contribution is 2.44. The van der Waals surface area contributed by atoms with Crippen molar-refractivity contribution in [2.75, 3.05) is 65.8 Å². The van der Waals surface area contributed by atoms with Gasteiger partial charge in [0.05, 0.1) is 31.0 Å². The summed E-state index contributed by atoms with van der Waals surface area (Å²) < 4.78 is 16.8. The molecule has 0 aliphatic heterocycles. The largest absolute Gasteiger partial charge is 0.480 e. The monoisotopic (exact) mass is 1010 g/mol. The molecule has 398 valence electrons. The molecule has 0 heterocycles. The zero-order valence-corrected chi connectivity index (χ0v) is 44.0. The molecule has 1 atom stereocenters. The van der Waals surface area contributed by atoms with E-state index in [9.17, 15) is 43.5 Å². The standard InChI is InChI=1S/C56H77N5O12/c1-35(2)27-43(51-45(62)29-55(5,6)30-46(51)63)57-19-22-61(23-20-58-44(28-36(3)4)52-47(64)31-56(7,8)32-48(52)65)50(67)34-72-26-25-71-24-21-59-49(66)18-17-42(53(68)69)60-54(70)73-33-41-39-15-11-9-13-37(39)38-14-10-12-16-40(38)41/h9-16,35-36,41-42,57-58H,17-34H2,1-8H3,(H,59,66)(H,60,70)(H,68,69). The van der Waals surface area contributed by atoms with Crippen molar-refractivity contribution in [2.24, 2.45) is 22.7 Å². The highest BCUT2D eigenvalue weighted by atomic mass is 16.5. The smallest absolute Gasteiger partial charge is 0.407 e. The van der Waals surface area contributed by atoms with E-state index in [1.807, 2.05) is 104 Å². The second kappa shape index (κ2) is 26.7. The Hall–Kier alpha value is -6.20. The number of alkyl carbamates (subject to hydrolysis) is 1. The van der Waals surface area contributed by atoms with E-state index in [0.29, 0.717) is 24.2 Å². The highest BCUT2D eigenvalue weighted by Gasteiger charge is 2.39. The Morgan fingerprint density at radius 2 is 1.12 bits per heavy atom. The van der Waals surface area contributed by atoms with Crippen LogP contribution in [0, 0.1) is 22.7 Å². The lowest BCUT2D eigenvalue weighted by Crippen LogP contribution is -2.43. The van der Waals surface area contributed by atoms with Crippen LogP contribution in [0.25, 0.3) is 11.1 Å². The van der Waals surface area contributed by atoms with Gasteiger partial charge in [0.1, 0.15) is 19.3 Å².